The molecule has 208 valence electrons. The van der Waals surface area contributed by atoms with Crippen LogP contribution in [-0.2, 0) is 14.8 Å². The van der Waals surface area contributed by atoms with Gasteiger partial charge < -0.3 is 14.4 Å². The zero-order valence-corrected chi connectivity index (χ0v) is 24.6. The fourth-order valence-corrected chi connectivity index (χ4v) is 6.79. The molecule has 1 aliphatic rings. The Balaban J connectivity index is 0.00000400. The van der Waals surface area contributed by atoms with Gasteiger partial charge >= 0.3 is 0 Å². The molecular formula is C26H35ClN4O5S2. The van der Waals surface area contributed by atoms with Crippen LogP contribution < -0.4 is 9.64 Å². The van der Waals surface area contributed by atoms with Gasteiger partial charge in [0.15, 0.2) is 5.13 Å². The third-order valence-corrected chi connectivity index (χ3v) is 9.76. The number of nitrogens with zero attached hydrogens (tertiary/aromatic N) is 4. The number of thiazole rings is 1. The number of aromatic nitrogens is 1. The van der Waals surface area contributed by atoms with Crippen molar-refractivity contribution in [1.29, 1.82) is 0 Å². The molecule has 0 atom stereocenters. The van der Waals surface area contributed by atoms with E-state index in [2.05, 4.69) is 18.7 Å². The van der Waals surface area contributed by atoms with Crippen molar-refractivity contribution in [3.63, 3.8) is 0 Å². The summed E-state index contributed by atoms with van der Waals surface area (Å²) in [6.07, 6.45) is 0. The van der Waals surface area contributed by atoms with Gasteiger partial charge in [0.1, 0.15) is 11.3 Å². The number of anilines is 1. The summed E-state index contributed by atoms with van der Waals surface area (Å²) in [6, 6.07) is 10.0. The highest BCUT2D eigenvalue weighted by Gasteiger charge is 2.28. The first kappa shape index (κ1) is 30.3. The lowest BCUT2D eigenvalue weighted by Crippen LogP contribution is -2.40. The highest BCUT2D eigenvalue weighted by molar-refractivity contribution is 7.89. The summed E-state index contributed by atoms with van der Waals surface area (Å²) in [5.74, 6) is 0.440. The first-order chi connectivity index (χ1) is 17.8. The minimum Gasteiger partial charge on any atom is -0.494 e. The lowest BCUT2D eigenvalue weighted by molar-refractivity contribution is 0.0730. The van der Waals surface area contributed by atoms with Crippen molar-refractivity contribution in [2.45, 2.75) is 25.7 Å². The average Bonchev–Trinajstić information content (AvgIpc) is 3.38. The van der Waals surface area contributed by atoms with E-state index in [0.717, 1.165) is 28.9 Å². The molecule has 1 amide bonds. The lowest BCUT2D eigenvalue weighted by atomic mass is 10.2. The number of fused-ring (bicyclic) bond motifs is 1. The summed E-state index contributed by atoms with van der Waals surface area (Å²) in [7, 11) is -2.03. The van der Waals surface area contributed by atoms with Crippen LogP contribution in [0, 0.1) is 6.92 Å². The lowest BCUT2D eigenvalue weighted by Gasteiger charge is -2.26. The van der Waals surface area contributed by atoms with Gasteiger partial charge in [0.05, 0.1) is 29.9 Å². The molecule has 0 spiro atoms. The maximum absolute atomic E-state index is 13.8. The van der Waals surface area contributed by atoms with Crippen molar-refractivity contribution < 1.29 is 22.7 Å². The summed E-state index contributed by atoms with van der Waals surface area (Å²) in [5.41, 5.74) is 2.20. The van der Waals surface area contributed by atoms with Crippen LogP contribution in [0.1, 0.15) is 29.8 Å². The van der Waals surface area contributed by atoms with Gasteiger partial charge in [-0.05, 0) is 55.9 Å². The first-order valence-electron chi connectivity index (χ1n) is 12.5. The number of benzene rings is 2. The van der Waals surface area contributed by atoms with Crippen molar-refractivity contribution in [3.05, 3.63) is 47.5 Å². The van der Waals surface area contributed by atoms with E-state index >= 15 is 0 Å². The van der Waals surface area contributed by atoms with Crippen LogP contribution >= 0.6 is 23.7 Å². The Morgan fingerprint density at radius 3 is 2.34 bits per heavy atom. The van der Waals surface area contributed by atoms with Crippen molar-refractivity contribution >= 4 is 55.0 Å². The summed E-state index contributed by atoms with van der Waals surface area (Å²) in [6.45, 7) is 10.5. The van der Waals surface area contributed by atoms with Gasteiger partial charge in [0.25, 0.3) is 5.91 Å². The third kappa shape index (κ3) is 6.30. The quantitative estimate of drug-likeness (QED) is 0.356. The largest absolute Gasteiger partial charge is 0.494 e. The molecule has 4 rings (SSSR count). The second-order valence-corrected chi connectivity index (χ2v) is 11.7. The SMILES string of the molecule is CCN(CC)CCN(C(=O)c1ccc(S(=O)(=O)N2CCOCC2)cc1)c1nc2c(OC)ccc(C)c2s1.Cl. The molecule has 0 radical (unpaired) electrons. The predicted molar refractivity (Wildman–Crippen MR) is 154 cm³/mol. The number of sulfonamides is 1. The number of amides is 1. The third-order valence-electron chi connectivity index (χ3n) is 6.63. The van der Waals surface area contributed by atoms with E-state index < -0.39 is 10.0 Å². The summed E-state index contributed by atoms with van der Waals surface area (Å²) < 4.78 is 39.2. The van der Waals surface area contributed by atoms with Crippen LogP contribution in [0.2, 0.25) is 0 Å². The number of rotatable bonds is 10. The molecule has 1 saturated heterocycles. The maximum Gasteiger partial charge on any atom is 0.260 e. The molecule has 0 bridgehead atoms. The smallest absolute Gasteiger partial charge is 0.260 e. The van der Waals surface area contributed by atoms with E-state index in [1.54, 1.807) is 24.1 Å². The number of carbonyl (C=O) groups excluding carboxylic acids is 1. The number of halogens is 1. The molecule has 2 aromatic carbocycles. The van der Waals surface area contributed by atoms with Gasteiger partial charge in [-0.15, -0.1) is 12.4 Å². The van der Waals surface area contributed by atoms with Gasteiger partial charge in [-0.25, -0.2) is 13.4 Å². The van der Waals surface area contributed by atoms with Crippen molar-refractivity contribution in [2.24, 2.45) is 0 Å². The van der Waals surface area contributed by atoms with E-state index in [-0.39, 0.29) is 23.2 Å². The molecule has 12 heteroatoms. The normalized spacial score (nSPS) is 14.4. The Bertz CT molecular complexity index is 1340. The van der Waals surface area contributed by atoms with E-state index in [0.29, 0.717) is 55.8 Å². The summed E-state index contributed by atoms with van der Waals surface area (Å²) in [4.78, 5) is 22.7. The summed E-state index contributed by atoms with van der Waals surface area (Å²) in [5, 5.41) is 0.588. The fraction of sp³-hybridized carbons (Fsp3) is 0.462. The predicted octanol–water partition coefficient (Wildman–Crippen LogP) is 4.04. The molecule has 1 aromatic heterocycles. The minimum atomic E-state index is -3.64. The van der Waals surface area contributed by atoms with Crippen LogP contribution in [0.5, 0.6) is 5.75 Å². The number of carbonyl (C=O) groups is 1. The second-order valence-electron chi connectivity index (χ2n) is 8.78. The number of hydrogen-bond acceptors (Lipinski definition) is 8. The van der Waals surface area contributed by atoms with Crippen molar-refractivity contribution in [3.8, 4) is 5.75 Å². The Hall–Kier alpha value is -2.28. The van der Waals surface area contributed by atoms with Gasteiger partial charge in [-0.3, -0.25) is 9.69 Å². The van der Waals surface area contributed by atoms with E-state index in [1.807, 2.05) is 19.1 Å². The van der Waals surface area contributed by atoms with Gasteiger partial charge in [-0.2, -0.15) is 4.31 Å². The average molecular weight is 583 g/mol. The van der Waals surface area contributed by atoms with Crippen LogP contribution in [-0.4, -0.2) is 88.1 Å². The number of methoxy groups -OCH3 is 1. The molecule has 38 heavy (non-hydrogen) atoms. The number of morpholine rings is 1. The van der Waals surface area contributed by atoms with Gasteiger partial charge in [0, 0.05) is 31.7 Å². The fourth-order valence-electron chi connectivity index (χ4n) is 4.31. The number of ether oxygens (including phenoxy) is 2. The van der Waals surface area contributed by atoms with Crippen LogP contribution in [0.4, 0.5) is 5.13 Å². The molecular weight excluding hydrogens is 548 g/mol. The maximum atomic E-state index is 13.8. The molecule has 1 fully saturated rings. The Kier molecular flexibility index (Phi) is 10.5. The van der Waals surface area contributed by atoms with E-state index in [1.165, 1.54) is 27.8 Å². The van der Waals surface area contributed by atoms with Crippen molar-refractivity contribution in [2.75, 3.05) is 64.5 Å². The Morgan fingerprint density at radius 1 is 1.08 bits per heavy atom. The molecule has 0 aliphatic carbocycles. The molecule has 9 nitrogen and oxygen atoms in total. The van der Waals surface area contributed by atoms with Gasteiger partial charge in [-0.1, -0.05) is 31.3 Å². The molecule has 3 aromatic rings. The molecule has 2 heterocycles. The van der Waals surface area contributed by atoms with E-state index in [9.17, 15) is 13.2 Å². The van der Waals surface area contributed by atoms with Crippen LogP contribution in [0.25, 0.3) is 10.2 Å². The molecule has 0 unspecified atom stereocenters. The highest BCUT2D eigenvalue weighted by atomic mass is 35.5. The zero-order chi connectivity index (χ0) is 26.6. The monoisotopic (exact) mass is 582 g/mol. The second kappa shape index (κ2) is 13.2. The van der Waals surface area contributed by atoms with Gasteiger partial charge in [0.2, 0.25) is 10.0 Å². The number of aryl methyl sites for hydroxylation is 1. The summed E-state index contributed by atoms with van der Waals surface area (Å²) >= 11 is 1.46. The highest BCUT2D eigenvalue weighted by Crippen LogP contribution is 2.37. The molecule has 0 saturated carbocycles. The van der Waals surface area contributed by atoms with Crippen LogP contribution in [0.15, 0.2) is 41.3 Å². The Morgan fingerprint density at radius 2 is 1.74 bits per heavy atom. The standard InChI is InChI=1S/C26H34N4O5S2.ClH/c1-5-28(6-2)13-14-30(26-27-23-22(34-4)12-7-19(3)24(23)36-26)25(31)20-8-10-21(11-9-20)37(32,33)29-15-17-35-18-16-29;/h7-12H,5-6,13-18H2,1-4H3;1H. The Labute approximate surface area is 234 Å². The molecule has 1 aliphatic heterocycles. The number of hydrogen-bond donors (Lipinski definition) is 0. The topological polar surface area (TPSA) is 92.3 Å². The number of likely N-dealkylation sites (N-methyl/N-ethyl adjacent to an activating group) is 1. The van der Waals surface area contributed by atoms with Crippen molar-refractivity contribution in [1.82, 2.24) is 14.2 Å². The van der Waals surface area contributed by atoms with E-state index in [4.69, 9.17) is 14.5 Å². The first-order valence-corrected chi connectivity index (χ1v) is 14.7. The minimum absolute atomic E-state index is 0. The zero-order valence-electron chi connectivity index (χ0n) is 22.2. The van der Waals surface area contributed by atoms with Crippen LogP contribution in [0.3, 0.4) is 0 Å². The molecule has 0 N–H and O–H groups in total.